The first-order valence-electron chi connectivity index (χ1n) is 12.9. The molecule has 1 atom stereocenters. The summed E-state index contributed by atoms with van der Waals surface area (Å²) in [6.45, 7) is 8.10. The third kappa shape index (κ3) is 11.8. The number of benzene rings is 1. The topological polar surface area (TPSA) is 74.6 Å². The molecule has 0 spiro atoms. The number of carbonyl (C=O) groups excluding carboxylic acids is 2. The third-order valence-electron chi connectivity index (χ3n) is 7.27. The van der Waals surface area contributed by atoms with Crippen molar-refractivity contribution in [3.05, 3.63) is 23.8 Å². The second kappa shape index (κ2) is 19.8. The number of phenols is 2. The number of hydrogen-bond acceptors (Lipinski definition) is 4. The predicted octanol–water partition coefficient (Wildman–Crippen LogP) is 8.25. The van der Waals surface area contributed by atoms with E-state index in [2.05, 4.69) is 6.92 Å². The maximum absolute atomic E-state index is 12.1. The minimum atomic E-state index is 0. The van der Waals surface area contributed by atoms with Crippen LogP contribution >= 0.6 is 9.90 Å². The first-order valence-corrected chi connectivity index (χ1v) is 12.9. The van der Waals surface area contributed by atoms with Crippen molar-refractivity contribution in [1.29, 1.82) is 0 Å². The van der Waals surface area contributed by atoms with Crippen LogP contribution in [0.2, 0.25) is 0 Å². The molecule has 2 saturated carbocycles. The van der Waals surface area contributed by atoms with E-state index in [1.807, 2.05) is 32.8 Å². The van der Waals surface area contributed by atoms with Crippen LogP contribution in [0, 0.1) is 17.8 Å². The Kier molecular flexibility index (Phi) is 20.3. The summed E-state index contributed by atoms with van der Waals surface area (Å²) in [7, 11) is 0. The Labute approximate surface area is 212 Å². The van der Waals surface area contributed by atoms with Crippen LogP contribution in [-0.4, -0.2) is 22.8 Å². The summed E-state index contributed by atoms with van der Waals surface area (Å²) >= 11 is 0. The average molecular weight is 497 g/mol. The fraction of sp³-hybridized carbons (Fsp3) is 0.724. The van der Waals surface area contributed by atoms with Gasteiger partial charge >= 0.3 is 0 Å². The Bertz CT molecular complexity index is 627. The molecule has 2 fully saturated rings. The molecule has 198 valence electrons. The first kappa shape index (κ1) is 34.8. The smallest absolute Gasteiger partial charge is 0.135 e. The highest BCUT2D eigenvalue weighted by Gasteiger charge is 2.26. The molecule has 4 nitrogen and oxygen atoms in total. The molecular weight excluding hydrogens is 443 g/mol. The van der Waals surface area contributed by atoms with Gasteiger partial charge in [-0.2, -0.15) is 9.90 Å². The number of hydrogen-bond donors (Lipinski definition) is 2. The highest BCUT2D eigenvalue weighted by molar-refractivity contribution is 6.92. The number of aromatic hydroxyl groups is 2. The lowest BCUT2D eigenvalue weighted by molar-refractivity contribution is -0.124. The lowest BCUT2D eigenvalue weighted by Gasteiger charge is -2.30. The molecule has 0 amide bonds. The zero-order valence-corrected chi connectivity index (χ0v) is 22.8. The van der Waals surface area contributed by atoms with Gasteiger partial charge in [0.1, 0.15) is 24.1 Å². The van der Waals surface area contributed by atoms with E-state index in [-0.39, 0.29) is 28.8 Å². The standard InChI is InChI=1S/C25H38O3.C2H6.CH2O.CH4.H3P/c1-2-4-25(28)21-13-9-19(10-14-21)6-3-5-18-7-11-20(12-8-18)22-15-23(26)17-24(27)16-22;2*1-2;;/h15-21,26-27H,2-14H2,1H3;1-2H3;1H2;1H4;1H3. The molecule has 0 aliphatic heterocycles. The van der Waals surface area contributed by atoms with E-state index in [1.54, 1.807) is 0 Å². The van der Waals surface area contributed by atoms with Crippen LogP contribution in [0.1, 0.15) is 123 Å². The number of ketones is 1. The van der Waals surface area contributed by atoms with Crippen LogP contribution in [0.15, 0.2) is 18.2 Å². The Hall–Kier alpha value is -1.41. The van der Waals surface area contributed by atoms with Gasteiger partial charge in [-0.1, -0.05) is 47.5 Å². The molecule has 0 bridgehead atoms. The Morgan fingerprint density at radius 2 is 1.29 bits per heavy atom. The van der Waals surface area contributed by atoms with Crippen molar-refractivity contribution in [2.75, 3.05) is 0 Å². The molecule has 0 aromatic heterocycles. The van der Waals surface area contributed by atoms with Gasteiger partial charge in [0, 0.05) is 18.4 Å². The molecule has 0 saturated heterocycles. The van der Waals surface area contributed by atoms with Gasteiger partial charge < -0.3 is 15.0 Å². The van der Waals surface area contributed by atoms with Crippen LogP contribution in [-0.2, 0) is 9.59 Å². The SMILES string of the molecule is C.C=O.CC.CCCC(=O)C1CCC(CCCC2CCC(c3cc(O)cc(O)c3)CC2)CC1.P. The van der Waals surface area contributed by atoms with Gasteiger partial charge in [-0.05, 0) is 93.2 Å². The first-order chi connectivity index (χ1) is 15.5. The van der Waals surface area contributed by atoms with Gasteiger partial charge in [-0.15, -0.1) is 0 Å². The zero-order chi connectivity index (χ0) is 23.9. The van der Waals surface area contributed by atoms with Gasteiger partial charge in [0.05, 0.1) is 0 Å². The van der Waals surface area contributed by atoms with Crippen molar-refractivity contribution in [3.8, 4) is 11.5 Å². The summed E-state index contributed by atoms with van der Waals surface area (Å²) in [4.78, 5) is 20.1. The second-order valence-corrected chi connectivity index (χ2v) is 9.37. The van der Waals surface area contributed by atoms with Crippen molar-refractivity contribution in [2.24, 2.45) is 17.8 Å². The van der Waals surface area contributed by atoms with Crippen LogP contribution in [0.5, 0.6) is 11.5 Å². The van der Waals surface area contributed by atoms with Gasteiger partial charge in [0.25, 0.3) is 0 Å². The van der Waals surface area contributed by atoms with Crippen molar-refractivity contribution < 1.29 is 19.8 Å². The van der Waals surface area contributed by atoms with Crippen molar-refractivity contribution >= 4 is 22.5 Å². The van der Waals surface area contributed by atoms with Crippen LogP contribution < -0.4 is 0 Å². The van der Waals surface area contributed by atoms with E-state index >= 15 is 0 Å². The largest absolute Gasteiger partial charge is 0.508 e. The fourth-order valence-electron chi connectivity index (χ4n) is 5.56. The maximum atomic E-state index is 12.1. The fourth-order valence-corrected chi connectivity index (χ4v) is 5.56. The number of phenolic OH excluding ortho intramolecular Hbond substituents is 2. The van der Waals surface area contributed by atoms with Gasteiger partial charge in [-0.3, -0.25) is 4.79 Å². The molecule has 1 unspecified atom stereocenters. The van der Waals surface area contributed by atoms with Crippen molar-refractivity contribution in [3.63, 3.8) is 0 Å². The minimum Gasteiger partial charge on any atom is -0.508 e. The highest BCUT2D eigenvalue weighted by atomic mass is 31.0. The number of carbonyl (C=O) groups is 2. The summed E-state index contributed by atoms with van der Waals surface area (Å²) in [6.07, 6.45) is 15.4. The second-order valence-electron chi connectivity index (χ2n) is 9.37. The lowest BCUT2D eigenvalue weighted by Crippen LogP contribution is -2.22. The molecule has 2 N–H and O–H groups in total. The zero-order valence-electron chi connectivity index (χ0n) is 21.4. The third-order valence-corrected chi connectivity index (χ3v) is 7.27. The van der Waals surface area contributed by atoms with E-state index in [9.17, 15) is 15.0 Å². The summed E-state index contributed by atoms with van der Waals surface area (Å²) in [6, 6.07) is 5.03. The molecule has 34 heavy (non-hydrogen) atoms. The highest BCUT2D eigenvalue weighted by Crippen LogP contribution is 2.40. The van der Waals surface area contributed by atoms with E-state index < -0.39 is 0 Å². The van der Waals surface area contributed by atoms with E-state index in [1.165, 1.54) is 51.0 Å². The Morgan fingerprint density at radius 1 is 0.853 bits per heavy atom. The normalized spacial score (nSPS) is 23.5. The quantitative estimate of drug-likeness (QED) is 0.355. The number of rotatable bonds is 8. The van der Waals surface area contributed by atoms with E-state index in [4.69, 9.17) is 4.79 Å². The van der Waals surface area contributed by atoms with E-state index in [0.29, 0.717) is 17.6 Å². The molecule has 1 aromatic rings. The number of Topliss-reactive ketones (excluding diaryl/α,β-unsaturated/α-hetero) is 1. The lowest BCUT2D eigenvalue weighted by atomic mass is 9.75. The summed E-state index contributed by atoms with van der Waals surface area (Å²) in [5.74, 6) is 3.37. The van der Waals surface area contributed by atoms with Gasteiger partial charge in [0.2, 0.25) is 0 Å². The predicted molar refractivity (Wildman–Crippen MR) is 150 cm³/mol. The van der Waals surface area contributed by atoms with Crippen LogP contribution in [0.4, 0.5) is 0 Å². The van der Waals surface area contributed by atoms with Crippen LogP contribution in [0.3, 0.4) is 0 Å². The molecular formula is C29H53O4P. The summed E-state index contributed by atoms with van der Waals surface area (Å²) in [5, 5.41) is 19.4. The van der Waals surface area contributed by atoms with Crippen molar-refractivity contribution in [1.82, 2.24) is 0 Å². The Morgan fingerprint density at radius 3 is 1.74 bits per heavy atom. The minimum absolute atomic E-state index is 0. The van der Waals surface area contributed by atoms with E-state index in [0.717, 1.165) is 55.9 Å². The average Bonchev–Trinajstić information content (AvgIpc) is 2.82. The monoisotopic (exact) mass is 496 g/mol. The summed E-state index contributed by atoms with van der Waals surface area (Å²) in [5.41, 5.74) is 1.09. The molecule has 2 aliphatic carbocycles. The van der Waals surface area contributed by atoms with Gasteiger partial charge in [-0.25, -0.2) is 0 Å². The summed E-state index contributed by atoms with van der Waals surface area (Å²) < 4.78 is 0. The molecule has 3 rings (SSSR count). The van der Waals surface area contributed by atoms with Crippen molar-refractivity contribution in [2.45, 2.75) is 118 Å². The molecule has 2 aliphatic rings. The molecule has 5 heteroatoms. The Balaban J connectivity index is 0. The van der Waals surface area contributed by atoms with Gasteiger partial charge in [0.15, 0.2) is 0 Å². The molecule has 0 radical (unpaired) electrons. The molecule has 0 heterocycles. The van der Waals surface area contributed by atoms with Crippen LogP contribution in [0.25, 0.3) is 0 Å². The maximum Gasteiger partial charge on any atom is 0.135 e. The molecule has 1 aromatic carbocycles.